The van der Waals surface area contributed by atoms with Crippen molar-refractivity contribution in [3.63, 3.8) is 0 Å². The van der Waals surface area contributed by atoms with Crippen LogP contribution in [-0.4, -0.2) is 50.0 Å². The summed E-state index contributed by atoms with van der Waals surface area (Å²) in [7, 11) is 0. The lowest BCUT2D eigenvalue weighted by Gasteiger charge is -2.14. The van der Waals surface area contributed by atoms with Gasteiger partial charge in [0.1, 0.15) is 0 Å². The van der Waals surface area contributed by atoms with Crippen LogP contribution in [0.4, 0.5) is 0 Å². The van der Waals surface area contributed by atoms with E-state index >= 15 is 0 Å². The van der Waals surface area contributed by atoms with Crippen molar-refractivity contribution in [1.29, 1.82) is 0 Å². The summed E-state index contributed by atoms with van der Waals surface area (Å²) in [5, 5.41) is 15.7. The van der Waals surface area contributed by atoms with Crippen LogP contribution in [0.15, 0.2) is 4.99 Å². The summed E-state index contributed by atoms with van der Waals surface area (Å²) in [6.45, 7) is 7.40. The van der Waals surface area contributed by atoms with Gasteiger partial charge in [-0.05, 0) is 5.92 Å². The predicted octanol–water partition coefficient (Wildman–Crippen LogP) is -0.431. The van der Waals surface area contributed by atoms with Gasteiger partial charge in [-0.1, -0.05) is 13.8 Å². The minimum absolute atomic E-state index is 0.373. The quantitative estimate of drug-likeness (QED) is 0.562. The number of hydrogen-bond donors (Lipinski definition) is 3. The molecule has 0 saturated carbocycles. The third-order valence-corrected chi connectivity index (χ3v) is 1.94. The maximum atomic E-state index is 9.55. The van der Waals surface area contributed by atoms with Crippen LogP contribution < -0.4 is 10.6 Å². The number of hydrogen-bond acceptors (Lipinski definition) is 5. The van der Waals surface area contributed by atoms with E-state index in [9.17, 15) is 5.11 Å². The van der Waals surface area contributed by atoms with E-state index in [4.69, 9.17) is 4.74 Å². The number of nitrogens with one attached hydrogen (secondary N) is 2. The number of rotatable bonds is 6. The molecule has 1 heterocycles. The van der Waals surface area contributed by atoms with Crippen LogP contribution in [0.3, 0.4) is 0 Å². The molecule has 5 nitrogen and oxygen atoms in total. The Balaban J connectivity index is 2.00. The van der Waals surface area contributed by atoms with E-state index in [0.717, 1.165) is 19.0 Å². The zero-order chi connectivity index (χ0) is 11.1. The first-order valence-electron chi connectivity index (χ1n) is 5.46. The normalized spacial score (nSPS) is 17.5. The highest BCUT2D eigenvalue weighted by atomic mass is 16.5. The maximum absolute atomic E-state index is 9.55. The minimum atomic E-state index is -0.478. The molecule has 0 aromatic carbocycles. The molecule has 15 heavy (non-hydrogen) atoms. The summed E-state index contributed by atoms with van der Waals surface area (Å²) in [5.41, 5.74) is 0. The van der Waals surface area contributed by atoms with Crippen molar-refractivity contribution in [3.8, 4) is 0 Å². The Labute approximate surface area is 90.9 Å². The molecule has 0 aromatic heterocycles. The molecule has 0 bridgehead atoms. The first-order valence-corrected chi connectivity index (χ1v) is 5.46. The molecule has 88 valence electrons. The van der Waals surface area contributed by atoms with Crippen molar-refractivity contribution in [2.75, 3.05) is 32.8 Å². The second-order valence-corrected chi connectivity index (χ2v) is 4.12. The van der Waals surface area contributed by atoms with E-state index in [2.05, 4.69) is 29.5 Å². The Hall–Kier alpha value is -0.810. The molecule has 5 heteroatoms. The van der Waals surface area contributed by atoms with Gasteiger partial charge in [0, 0.05) is 19.7 Å². The third-order valence-electron chi connectivity index (χ3n) is 1.94. The molecule has 1 unspecified atom stereocenters. The molecule has 3 N–H and O–H groups in total. The average molecular weight is 215 g/mol. The Morgan fingerprint density at radius 3 is 2.93 bits per heavy atom. The lowest BCUT2D eigenvalue weighted by Crippen LogP contribution is -2.40. The van der Waals surface area contributed by atoms with Gasteiger partial charge in [-0.25, -0.2) is 0 Å². The molecule has 0 amide bonds. The topological polar surface area (TPSA) is 65.9 Å². The lowest BCUT2D eigenvalue weighted by atomic mass is 10.2. The first kappa shape index (κ1) is 12.3. The van der Waals surface area contributed by atoms with E-state index in [1.54, 1.807) is 0 Å². The van der Waals surface area contributed by atoms with Crippen molar-refractivity contribution >= 4 is 5.96 Å². The summed E-state index contributed by atoms with van der Waals surface area (Å²) in [4.78, 5) is 4.16. The molecular formula is C10H21N3O2. The molecule has 0 saturated heterocycles. The molecule has 0 aromatic rings. The summed E-state index contributed by atoms with van der Waals surface area (Å²) in [6, 6.07) is 0. The first-order chi connectivity index (χ1) is 7.18. The van der Waals surface area contributed by atoms with Crippen LogP contribution in [0.5, 0.6) is 0 Å². The van der Waals surface area contributed by atoms with Gasteiger partial charge in [0.15, 0.2) is 5.96 Å². The van der Waals surface area contributed by atoms with Crippen LogP contribution >= 0.6 is 0 Å². The summed E-state index contributed by atoms with van der Waals surface area (Å²) in [5.74, 6) is 1.28. The Bertz CT molecular complexity index is 207. The molecular weight excluding hydrogens is 194 g/mol. The van der Waals surface area contributed by atoms with Crippen LogP contribution in [-0.2, 0) is 4.74 Å². The monoisotopic (exact) mass is 215 g/mol. The Kier molecular flexibility index (Phi) is 5.42. The van der Waals surface area contributed by atoms with E-state index in [0.29, 0.717) is 25.7 Å². The number of aliphatic hydroxyl groups excluding tert-OH is 1. The van der Waals surface area contributed by atoms with Gasteiger partial charge >= 0.3 is 0 Å². The molecule has 1 rings (SSSR count). The zero-order valence-corrected chi connectivity index (χ0v) is 9.49. The fraction of sp³-hybridized carbons (Fsp3) is 0.900. The van der Waals surface area contributed by atoms with Crippen molar-refractivity contribution in [1.82, 2.24) is 10.6 Å². The van der Waals surface area contributed by atoms with E-state index in [-0.39, 0.29) is 0 Å². The standard InChI is InChI=1S/C10H21N3O2/c1-8(2)6-15-7-9(14)5-13-10-11-3-4-12-10/h8-9,14H,3-7H2,1-2H3,(H2,11,12,13). The molecule has 1 atom stereocenters. The fourth-order valence-electron chi connectivity index (χ4n) is 1.23. The second-order valence-electron chi connectivity index (χ2n) is 4.12. The van der Waals surface area contributed by atoms with Crippen LogP contribution in [0, 0.1) is 5.92 Å². The molecule has 0 spiro atoms. The van der Waals surface area contributed by atoms with Crippen LogP contribution in [0.2, 0.25) is 0 Å². The number of ether oxygens (including phenoxy) is 1. The lowest BCUT2D eigenvalue weighted by molar-refractivity contribution is 0.0280. The smallest absolute Gasteiger partial charge is 0.191 e. The number of guanidine groups is 1. The second kappa shape index (κ2) is 6.63. The molecule has 1 aliphatic heterocycles. The predicted molar refractivity (Wildman–Crippen MR) is 60.0 cm³/mol. The van der Waals surface area contributed by atoms with Crippen molar-refractivity contribution < 1.29 is 9.84 Å². The Morgan fingerprint density at radius 1 is 1.53 bits per heavy atom. The van der Waals surface area contributed by atoms with Crippen molar-refractivity contribution in [2.24, 2.45) is 10.9 Å². The van der Waals surface area contributed by atoms with Gasteiger partial charge in [0.05, 0.1) is 19.3 Å². The number of aliphatic hydroxyl groups is 1. The SMILES string of the molecule is CC(C)COCC(O)CNC1=NCCN1. The summed E-state index contributed by atoms with van der Waals surface area (Å²) < 4.78 is 5.32. The molecule has 0 radical (unpaired) electrons. The van der Waals surface area contributed by atoms with Gasteiger partial charge in [-0.2, -0.15) is 0 Å². The molecule has 1 aliphatic rings. The highest BCUT2D eigenvalue weighted by Crippen LogP contribution is 1.93. The van der Waals surface area contributed by atoms with E-state index in [1.165, 1.54) is 0 Å². The molecule has 0 aliphatic carbocycles. The number of aliphatic imine (C=N–C) groups is 1. The summed E-state index contributed by atoms with van der Waals surface area (Å²) >= 11 is 0. The summed E-state index contributed by atoms with van der Waals surface area (Å²) in [6.07, 6.45) is -0.478. The van der Waals surface area contributed by atoms with Gasteiger partial charge < -0.3 is 20.5 Å². The van der Waals surface area contributed by atoms with Crippen molar-refractivity contribution in [3.05, 3.63) is 0 Å². The highest BCUT2D eigenvalue weighted by Gasteiger charge is 2.08. The van der Waals surface area contributed by atoms with Gasteiger partial charge in [0.2, 0.25) is 0 Å². The van der Waals surface area contributed by atoms with Gasteiger partial charge in [-0.3, -0.25) is 4.99 Å². The third kappa shape index (κ3) is 5.59. The van der Waals surface area contributed by atoms with Gasteiger partial charge in [-0.15, -0.1) is 0 Å². The average Bonchev–Trinajstić information content (AvgIpc) is 2.66. The van der Waals surface area contributed by atoms with Crippen LogP contribution in [0.25, 0.3) is 0 Å². The van der Waals surface area contributed by atoms with Crippen molar-refractivity contribution in [2.45, 2.75) is 20.0 Å². The highest BCUT2D eigenvalue weighted by molar-refractivity contribution is 5.81. The largest absolute Gasteiger partial charge is 0.389 e. The minimum Gasteiger partial charge on any atom is -0.389 e. The van der Waals surface area contributed by atoms with E-state index in [1.807, 2.05) is 0 Å². The molecule has 0 fully saturated rings. The zero-order valence-electron chi connectivity index (χ0n) is 9.49. The fourth-order valence-corrected chi connectivity index (χ4v) is 1.23. The Morgan fingerprint density at radius 2 is 2.33 bits per heavy atom. The van der Waals surface area contributed by atoms with Crippen LogP contribution in [0.1, 0.15) is 13.8 Å². The van der Waals surface area contributed by atoms with E-state index < -0.39 is 6.10 Å². The maximum Gasteiger partial charge on any atom is 0.191 e. The number of nitrogens with zero attached hydrogens (tertiary/aromatic N) is 1. The van der Waals surface area contributed by atoms with Gasteiger partial charge in [0.25, 0.3) is 0 Å².